The van der Waals surface area contributed by atoms with Gasteiger partial charge < -0.3 is 4.90 Å². The summed E-state index contributed by atoms with van der Waals surface area (Å²) in [5, 5.41) is 0. The van der Waals surface area contributed by atoms with E-state index in [2.05, 4.69) is 6.92 Å². The summed E-state index contributed by atoms with van der Waals surface area (Å²) in [5.41, 5.74) is 4.94. The van der Waals surface area contributed by atoms with Crippen LogP contribution in [0.25, 0.3) is 0 Å². The van der Waals surface area contributed by atoms with Crippen LogP contribution in [-0.2, 0) is 14.8 Å². The third-order valence-electron chi connectivity index (χ3n) is 6.51. The molecule has 1 heterocycles. The van der Waals surface area contributed by atoms with Gasteiger partial charge in [0.2, 0.25) is 15.9 Å². The van der Waals surface area contributed by atoms with Crippen LogP contribution in [0, 0.1) is 46.5 Å². The van der Waals surface area contributed by atoms with E-state index in [-0.39, 0.29) is 11.8 Å². The van der Waals surface area contributed by atoms with Crippen LogP contribution in [0.2, 0.25) is 0 Å². The van der Waals surface area contributed by atoms with Gasteiger partial charge in [0.1, 0.15) is 0 Å². The molecule has 0 unspecified atom stereocenters. The van der Waals surface area contributed by atoms with Crippen LogP contribution < -0.4 is 0 Å². The molecular weight excluding hydrogens is 348 g/mol. The Kier molecular flexibility index (Phi) is 4.95. The molecule has 5 nitrogen and oxygen atoms in total. The van der Waals surface area contributed by atoms with E-state index in [1.165, 1.54) is 0 Å². The van der Waals surface area contributed by atoms with Crippen LogP contribution in [0.3, 0.4) is 0 Å². The van der Waals surface area contributed by atoms with Crippen molar-refractivity contribution in [2.24, 2.45) is 11.8 Å². The summed E-state index contributed by atoms with van der Waals surface area (Å²) in [6, 6.07) is 0. The predicted molar refractivity (Wildman–Crippen MR) is 103 cm³/mol. The van der Waals surface area contributed by atoms with Crippen LogP contribution >= 0.6 is 0 Å². The van der Waals surface area contributed by atoms with E-state index in [1.54, 1.807) is 4.31 Å². The van der Waals surface area contributed by atoms with Gasteiger partial charge in [0.05, 0.1) is 4.90 Å². The Labute approximate surface area is 157 Å². The fraction of sp³-hybridized carbons (Fsp3) is 0.650. The summed E-state index contributed by atoms with van der Waals surface area (Å²) >= 11 is 0. The molecule has 0 radical (unpaired) electrons. The zero-order chi connectivity index (χ0) is 19.4. The average molecular weight is 379 g/mol. The van der Waals surface area contributed by atoms with Crippen molar-refractivity contribution in [3.63, 3.8) is 0 Å². The Morgan fingerprint density at radius 3 is 1.69 bits per heavy atom. The minimum absolute atomic E-state index is 0.157. The fourth-order valence-corrected chi connectivity index (χ4v) is 6.01. The number of nitrogens with zero attached hydrogens (tertiary/aromatic N) is 2. The van der Waals surface area contributed by atoms with Gasteiger partial charge in [0, 0.05) is 32.1 Å². The minimum Gasteiger partial charge on any atom is -0.340 e. The maximum Gasteiger partial charge on any atom is 0.243 e. The summed E-state index contributed by atoms with van der Waals surface area (Å²) in [6.07, 6.45) is 0.970. The molecule has 2 fully saturated rings. The normalized spacial score (nSPS) is 24.0. The van der Waals surface area contributed by atoms with Crippen molar-refractivity contribution in [3.05, 3.63) is 27.8 Å². The lowest BCUT2D eigenvalue weighted by molar-refractivity contribution is -0.134. The molecule has 144 valence electrons. The SMILES string of the molecule is Cc1c(C)c(C)c(S(=O)(=O)N2CCN(C(=O)[C@H]3C[C@@H]3C)CC2)c(C)c1C. The number of carbonyl (C=O) groups is 1. The van der Waals surface area contributed by atoms with E-state index in [0.717, 1.165) is 34.2 Å². The molecule has 1 aromatic carbocycles. The number of carbonyl (C=O) groups excluding carboxylic acids is 1. The Morgan fingerprint density at radius 1 is 0.846 bits per heavy atom. The lowest BCUT2D eigenvalue weighted by Crippen LogP contribution is -2.51. The lowest BCUT2D eigenvalue weighted by atomic mass is 9.95. The van der Waals surface area contributed by atoms with E-state index < -0.39 is 10.0 Å². The molecule has 1 saturated carbocycles. The molecule has 3 rings (SSSR count). The van der Waals surface area contributed by atoms with Crippen LogP contribution in [-0.4, -0.2) is 49.7 Å². The van der Waals surface area contributed by atoms with Gasteiger partial charge in [-0.2, -0.15) is 4.31 Å². The van der Waals surface area contributed by atoms with Gasteiger partial charge in [0.15, 0.2) is 0 Å². The number of hydrogen-bond donors (Lipinski definition) is 0. The molecule has 0 spiro atoms. The standard InChI is InChI=1S/C20H30N2O3S/c1-12-11-18(12)20(23)21-7-9-22(10-8-21)26(24,25)19-16(5)14(3)13(2)15(4)17(19)6/h12,18H,7-11H2,1-6H3/t12-,18-/m0/s1. The highest BCUT2D eigenvalue weighted by Gasteiger charge is 2.43. The van der Waals surface area contributed by atoms with E-state index in [1.807, 2.05) is 39.5 Å². The second-order valence-electron chi connectivity index (χ2n) is 8.00. The van der Waals surface area contributed by atoms with Crippen LogP contribution in [0.1, 0.15) is 41.2 Å². The Morgan fingerprint density at radius 2 is 1.27 bits per heavy atom. The number of amides is 1. The van der Waals surface area contributed by atoms with Crippen molar-refractivity contribution in [2.75, 3.05) is 26.2 Å². The smallest absolute Gasteiger partial charge is 0.243 e. The molecule has 1 aromatic rings. The molecule has 1 saturated heterocycles. The highest BCUT2D eigenvalue weighted by Crippen LogP contribution is 2.39. The molecule has 0 N–H and O–H groups in total. The summed E-state index contributed by atoms with van der Waals surface area (Å²) < 4.78 is 28.2. The largest absolute Gasteiger partial charge is 0.340 e. The molecule has 1 aliphatic heterocycles. The van der Waals surface area contributed by atoms with Crippen molar-refractivity contribution in [1.82, 2.24) is 9.21 Å². The molecule has 1 aliphatic carbocycles. The third-order valence-corrected chi connectivity index (χ3v) is 8.68. The summed E-state index contributed by atoms with van der Waals surface area (Å²) in [7, 11) is -3.55. The summed E-state index contributed by atoms with van der Waals surface area (Å²) in [6.45, 7) is 13.6. The number of rotatable bonds is 3. The second kappa shape index (κ2) is 6.64. The van der Waals surface area contributed by atoms with E-state index in [9.17, 15) is 13.2 Å². The predicted octanol–water partition coefficient (Wildman–Crippen LogP) is 2.72. The number of sulfonamides is 1. The molecule has 6 heteroatoms. The third kappa shape index (κ3) is 3.07. The zero-order valence-electron chi connectivity index (χ0n) is 16.7. The van der Waals surface area contributed by atoms with Gasteiger partial charge in [-0.25, -0.2) is 8.42 Å². The van der Waals surface area contributed by atoms with Crippen molar-refractivity contribution < 1.29 is 13.2 Å². The quantitative estimate of drug-likeness (QED) is 0.813. The average Bonchev–Trinajstić information content (AvgIpc) is 3.34. The van der Waals surface area contributed by atoms with Crippen molar-refractivity contribution in [1.29, 1.82) is 0 Å². The maximum absolute atomic E-state index is 13.3. The summed E-state index contributed by atoms with van der Waals surface area (Å²) in [5.74, 6) is 0.835. The van der Waals surface area contributed by atoms with Gasteiger partial charge in [-0.15, -0.1) is 0 Å². The first kappa shape index (κ1) is 19.4. The van der Waals surface area contributed by atoms with Crippen molar-refractivity contribution in [3.8, 4) is 0 Å². The first-order valence-electron chi connectivity index (χ1n) is 9.43. The first-order chi connectivity index (χ1) is 12.1. The molecular formula is C20H30N2O3S. The maximum atomic E-state index is 13.3. The Bertz CT molecular complexity index is 823. The monoisotopic (exact) mass is 378 g/mol. The van der Waals surface area contributed by atoms with Crippen LogP contribution in [0.15, 0.2) is 4.90 Å². The molecule has 2 aliphatic rings. The second-order valence-corrected chi connectivity index (χ2v) is 9.88. The molecule has 0 aromatic heterocycles. The fourth-order valence-electron chi connectivity index (χ4n) is 4.03. The number of hydrogen-bond acceptors (Lipinski definition) is 3. The van der Waals surface area contributed by atoms with Crippen molar-refractivity contribution in [2.45, 2.75) is 52.9 Å². The van der Waals surface area contributed by atoms with E-state index in [0.29, 0.717) is 37.0 Å². The van der Waals surface area contributed by atoms with Gasteiger partial charge in [0.25, 0.3) is 0 Å². The van der Waals surface area contributed by atoms with E-state index >= 15 is 0 Å². The van der Waals surface area contributed by atoms with Crippen molar-refractivity contribution >= 4 is 15.9 Å². The van der Waals surface area contributed by atoms with Gasteiger partial charge in [-0.05, 0) is 74.8 Å². The lowest BCUT2D eigenvalue weighted by Gasteiger charge is -2.35. The van der Waals surface area contributed by atoms with Gasteiger partial charge >= 0.3 is 0 Å². The Balaban J connectivity index is 1.84. The zero-order valence-corrected chi connectivity index (χ0v) is 17.5. The summed E-state index contributed by atoms with van der Waals surface area (Å²) in [4.78, 5) is 14.7. The molecule has 26 heavy (non-hydrogen) atoms. The highest BCUT2D eigenvalue weighted by molar-refractivity contribution is 7.89. The molecule has 0 bridgehead atoms. The van der Waals surface area contributed by atoms with Gasteiger partial charge in [-0.3, -0.25) is 4.79 Å². The number of piperazine rings is 1. The minimum atomic E-state index is -3.55. The van der Waals surface area contributed by atoms with Crippen LogP contribution in [0.5, 0.6) is 0 Å². The highest BCUT2D eigenvalue weighted by atomic mass is 32.2. The number of benzene rings is 1. The van der Waals surface area contributed by atoms with Crippen LogP contribution in [0.4, 0.5) is 0 Å². The molecule has 2 atom stereocenters. The topological polar surface area (TPSA) is 57.7 Å². The van der Waals surface area contributed by atoms with E-state index in [4.69, 9.17) is 0 Å². The van der Waals surface area contributed by atoms with Gasteiger partial charge in [-0.1, -0.05) is 6.92 Å². The molecule has 1 amide bonds. The first-order valence-corrected chi connectivity index (χ1v) is 10.9. The Hall–Kier alpha value is -1.40.